The Hall–Kier alpha value is -1.99. The van der Waals surface area contributed by atoms with Crippen molar-refractivity contribution in [2.24, 2.45) is 0 Å². The van der Waals surface area contributed by atoms with Crippen LogP contribution in [0.3, 0.4) is 0 Å². The molecule has 1 spiro atoms. The first-order chi connectivity index (χ1) is 17.2. The summed E-state index contributed by atoms with van der Waals surface area (Å²) >= 11 is 0. The molecule has 35 heavy (non-hydrogen) atoms. The van der Waals surface area contributed by atoms with Crippen molar-refractivity contribution in [1.82, 2.24) is 15.1 Å². The maximum absolute atomic E-state index is 15.0. The average molecular weight is 479 g/mol. The summed E-state index contributed by atoms with van der Waals surface area (Å²) in [7, 11) is 0. The lowest BCUT2D eigenvalue weighted by Crippen LogP contribution is -2.43. The minimum Gasteiger partial charge on any atom is -0.381 e. The van der Waals surface area contributed by atoms with Crippen molar-refractivity contribution in [2.75, 3.05) is 38.1 Å². The van der Waals surface area contributed by atoms with E-state index in [2.05, 4.69) is 44.7 Å². The zero-order valence-electron chi connectivity index (χ0n) is 20.8. The third kappa shape index (κ3) is 5.12. The van der Waals surface area contributed by atoms with Gasteiger partial charge in [0.25, 0.3) is 0 Å². The molecule has 0 bridgehead atoms. The number of nitrogens with zero attached hydrogens (tertiary/aromatic N) is 2. The highest BCUT2D eigenvalue weighted by atomic mass is 19.1. The van der Waals surface area contributed by atoms with Crippen LogP contribution in [0.5, 0.6) is 0 Å². The molecule has 2 aromatic carbocycles. The number of ether oxygens (including phenoxy) is 1. The minimum absolute atomic E-state index is 0.106. The molecule has 0 amide bonds. The number of rotatable bonds is 6. The average Bonchev–Trinajstić information content (AvgIpc) is 3.53. The molecule has 0 saturated carbocycles. The predicted molar refractivity (Wildman–Crippen MR) is 138 cm³/mol. The maximum Gasteiger partial charge on any atom is 0.128 e. The Kier molecular flexibility index (Phi) is 6.80. The summed E-state index contributed by atoms with van der Waals surface area (Å²) < 4.78 is 21.1. The number of benzene rings is 2. The van der Waals surface area contributed by atoms with Crippen LogP contribution in [0, 0.1) is 5.82 Å². The summed E-state index contributed by atoms with van der Waals surface area (Å²) in [5.74, 6) is -0.106. The van der Waals surface area contributed by atoms with Crippen LogP contribution in [0.4, 0.5) is 10.1 Å². The van der Waals surface area contributed by atoms with Gasteiger partial charge in [-0.15, -0.1) is 0 Å². The normalized spacial score (nSPS) is 24.7. The third-order valence-electron chi connectivity index (χ3n) is 8.74. The molecule has 0 aromatic heterocycles. The van der Waals surface area contributed by atoms with Crippen LogP contribution in [0.25, 0.3) is 0 Å². The molecule has 2 aromatic rings. The van der Waals surface area contributed by atoms with Gasteiger partial charge in [-0.3, -0.25) is 9.80 Å². The van der Waals surface area contributed by atoms with Crippen LogP contribution in [0.1, 0.15) is 60.8 Å². The van der Waals surface area contributed by atoms with E-state index < -0.39 is 0 Å². The first kappa shape index (κ1) is 23.4. The SMILES string of the molecule is Fc1cc(CN2CCC3(CCCO3)CC2)ccc1CNc1cccc2c1CN(C1CCCNC1)C2. The number of hydrogen-bond acceptors (Lipinski definition) is 5. The Morgan fingerprint density at radius 1 is 1.09 bits per heavy atom. The van der Waals surface area contributed by atoms with Crippen molar-refractivity contribution >= 4 is 5.69 Å². The third-order valence-corrected chi connectivity index (χ3v) is 8.74. The van der Waals surface area contributed by atoms with Crippen molar-refractivity contribution in [2.45, 2.75) is 76.3 Å². The highest BCUT2D eigenvalue weighted by molar-refractivity contribution is 5.56. The van der Waals surface area contributed by atoms with Crippen LogP contribution >= 0.6 is 0 Å². The first-order valence-electron chi connectivity index (χ1n) is 13.6. The smallest absolute Gasteiger partial charge is 0.128 e. The Balaban J connectivity index is 1.05. The van der Waals surface area contributed by atoms with Gasteiger partial charge in [0.1, 0.15) is 5.82 Å². The van der Waals surface area contributed by atoms with Gasteiger partial charge in [0.15, 0.2) is 0 Å². The number of nitrogens with one attached hydrogen (secondary N) is 2. The number of hydrogen-bond donors (Lipinski definition) is 2. The van der Waals surface area contributed by atoms with Crippen LogP contribution < -0.4 is 10.6 Å². The first-order valence-corrected chi connectivity index (χ1v) is 13.6. The summed E-state index contributed by atoms with van der Waals surface area (Å²) in [6.07, 6.45) is 7.14. The highest BCUT2D eigenvalue weighted by Crippen LogP contribution is 2.36. The maximum atomic E-state index is 15.0. The molecule has 0 radical (unpaired) electrons. The summed E-state index contributed by atoms with van der Waals surface area (Å²) in [5.41, 5.74) is 5.86. The van der Waals surface area contributed by atoms with Crippen LogP contribution in [-0.2, 0) is 30.9 Å². The van der Waals surface area contributed by atoms with Gasteiger partial charge < -0.3 is 15.4 Å². The van der Waals surface area contributed by atoms with Crippen molar-refractivity contribution in [1.29, 1.82) is 0 Å². The van der Waals surface area contributed by atoms with Gasteiger partial charge in [-0.05, 0) is 73.9 Å². The standard InChI is InChI=1S/C29H39FN4O/c30-27-16-22(19-33-13-10-29(11-14-33)9-3-15-35-29)7-8-23(27)17-32-28-6-1-4-24-20-34(21-26(24)28)25-5-2-12-31-18-25/h1,4,6-8,16,25,31-32H,2-3,5,9-15,17-21H2. The summed E-state index contributed by atoms with van der Waals surface area (Å²) in [6, 6.07) is 12.9. The molecular formula is C29H39FN4O. The second-order valence-corrected chi connectivity index (χ2v) is 11.0. The Morgan fingerprint density at radius 3 is 2.77 bits per heavy atom. The number of halogens is 1. The molecule has 4 heterocycles. The van der Waals surface area contributed by atoms with E-state index in [1.165, 1.54) is 36.8 Å². The fraction of sp³-hybridized carbons (Fsp3) is 0.586. The molecule has 4 aliphatic heterocycles. The Bertz CT molecular complexity index is 1020. The summed E-state index contributed by atoms with van der Waals surface area (Å²) in [6.45, 7) is 8.55. The number of anilines is 1. The molecule has 4 aliphatic rings. The topological polar surface area (TPSA) is 39.8 Å². The van der Waals surface area contributed by atoms with E-state index in [9.17, 15) is 0 Å². The monoisotopic (exact) mass is 478 g/mol. The number of fused-ring (bicyclic) bond motifs is 1. The largest absolute Gasteiger partial charge is 0.381 e. The van der Waals surface area contributed by atoms with E-state index in [-0.39, 0.29) is 11.4 Å². The molecule has 1 atom stereocenters. The predicted octanol–water partition coefficient (Wildman–Crippen LogP) is 4.65. The molecule has 0 aliphatic carbocycles. The van der Waals surface area contributed by atoms with Crippen LogP contribution in [0.15, 0.2) is 36.4 Å². The van der Waals surface area contributed by atoms with Gasteiger partial charge in [0.05, 0.1) is 5.60 Å². The lowest BCUT2D eigenvalue weighted by atomic mass is 9.88. The number of piperidine rings is 2. The molecule has 6 heteroatoms. The quantitative estimate of drug-likeness (QED) is 0.633. The van der Waals surface area contributed by atoms with Crippen molar-refractivity contribution in [3.8, 4) is 0 Å². The Labute approximate surface area is 209 Å². The fourth-order valence-electron chi connectivity index (χ4n) is 6.57. The van der Waals surface area contributed by atoms with Crippen molar-refractivity contribution < 1.29 is 9.13 Å². The van der Waals surface area contributed by atoms with Crippen molar-refractivity contribution in [3.05, 3.63) is 64.5 Å². The zero-order chi connectivity index (χ0) is 23.7. The lowest BCUT2D eigenvalue weighted by molar-refractivity contribution is -0.0447. The van der Waals surface area contributed by atoms with Crippen LogP contribution in [-0.4, -0.2) is 54.2 Å². The highest BCUT2D eigenvalue weighted by Gasteiger charge is 2.38. The molecule has 5 nitrogen and oxygen atoms in total. The molecular weight excluding hydrogens is 439 g/mol. The van der Waals surface area contributed by atoms with Gasteiger partial charge in [-0.25, -0.2) is 4.39 Å². The summed E-state index contributed by atoms with van der Waals surface area (Å²) in [4.78, 5) is 5.04. The molecule has 6 rings (SSSR count). The van der Waals surface area contributed by atoms with E-state index in [1.807, 2.05) is 6.07 Å². The molecule has 3 fully saturated rings. The van der Waals surface area contributed by atoms with E-state index in [1.54, 1.807) is 6.07 Å². The van der Waals surface area contributed by atoms with Crippen LogP contribution in [0.2, 0.25) is 0 Å². The van der Waals surface area contributed by atoms with E-state index >= 15 is 4.39 Å². The van der Waals surface area contributed by atoms with Gasteiger partial charge in [-0.1, -0.05) is 24.3 Å². The molecule has 1 unspecified atom stereocenters. The lowest BCUT2D eigenvalue weighted by Gasteiger charge is -2.38. The molecule has 3 saturated heterocycles. The van der Waals surface area contributed by atoms with Gasteiger partial charge in [0.2, 0.25) is 0 Å². The van der Waals surface area contributed by atoms with Gasteiger partial charge in [0, 0.05) is 69.7 Å². The van der Waals surface area contributed by atoms with Gasteiger partial charge in [-0.2, -0.15) is 0 Å². The van der Waals surface area contributed by atoms with E-state index in [0.29, 0.717) is 12.6 Å². The molecule has 2 N–H and O–H groups in total. The summed E-state index contributed by atoms with van der Waals surface area (Å²) in [5, 5.41) is 7.09. The minimum atomic E-state index is -0.106. The zero-order valence-corrected chi connectivity index (χ0v) is 20.8. The number of likely N-dealkylation sites (tertiary alicyclic amines) is 1. The second kappa shape index (κ2) is 10.2. The van der Waals surface area contributed by atoms with E-state index in [4.69, 9.17) is 4.74 Å². The van der Waals surface area contributed by atoms with Crippen molar-refractivity contribution in [3.63, 3.8) is 0 Å². The van der Waals surface area contributed by atoms with E-state index in [0.717, 1.165) is 82.1 Å². The Morgan fingerprint density at radius 2 is 2.00 bits per heavy atom. The van der Waals surface area contributed by atoms with Gasteiger partial charge >= 0.3 is 0 Å². The molecule has 188 valence electrons. The fourth-order valence-corrected chi connectivity index (χ4v) is 6.57. The second-order valence-electron chi connectivity index (χ2n) is 11.0.